The molecule has 0 aromatic carbocycles. The second-order valence-electron chi connectivity index (χ2n) is 6.79. The number of pyridine rings is 1. The largest absolute Gasteiger partial charge is 0.366 e. The summed E-state index contributed by atoms with van der Waals surface area (Å²) >= 11 is 6.19. The number of likely N-dealkylation sites (tertiary alicyclic amines) is 1. The molecule has 3 N–H and O–H groups in total. The standard InChI is InChI=1S/C17H25ClN4O/c18-15-9-13(16(19)23)10-20-17(15)21-14-5-7-22(8-6-14)11-12-3-1-2-4-12/h9-10,12,14H,1-8,11H2,(H2,19,23)(H,20,21). The zero-order valence-corrected chi connectivity index (χ0v) is 14.2. The summed E-state index contributed by atoms with van der Waals surface area (Å²) in [6.07, 6.45) is 9.31. The second-order valence-corrected chi connectivity index (χ2v) is 7.20. The molecule has 0 radical (unpaired) electrons. The van der Waals surface area contributed by atoms with E-state index in [1.54, 1.807) is 6.07 Å². The molecule has 1 saturated heterocycles. The van der Waals surface area contributed by atoms with Crippen LogP contribution < -0.4 is 11.1 Å². The number of carbonyl (C=O) groups excluding carboxylic acids is 1. The van der Waals surface area contributed by atoms with Gasteiger partial charge in [-0.1, -0.05) is 24.4 Å². The fraction of sp³-hybridized carbons (Fsp3) is 0.647. The molecule has 5 nitrogen and oxygen atoms in total. The number of hydrogen-bond acceptors (Lipinski definition) is 4. The van der Waals surface area contributed by atoms with Crippen molar-refractivity contribution in [3.8, 4) is 0 Å². The highest BCUT2D eigenvalue weighted by Crippen LogP contribution is 2.27. The number of aromatic nitrogens is 1. The van der Waals surface area contributed by atoms with Crippen LogP contribution in [0.4, 0.5) is 5.82 Å². The summed E-state index contributed by atoms with van der Waals surface area (Å²) in [6, 6.07) is 1.97. The van der Waals surface area contributed by atoms with Gasteiger partial charge in [0.05, 0.1) is 10.6 Å². The first-order valence-corrected chi connectivity index (χ1v) is 8.94. The number of primary amides is 1. The molecule has 126 valence electrons. The van der Waals surface area contributed by atoms with Crippen LogP contribution in [0.3, 0.4) is 0 Å². The van der Waals surface area contributed by atoms with Crippen molar-refractivity contribution in [1.29, 1.82) is 0 Å². The summed E-state index contributed by atoms with van der Waals surface area (Å²) < 4.78 is 0. The van der Waals surface area contributed by atoms with Gasteiger partial charge in [0.1, 0.15) is 5.82 Å². The number of nitrogens with one attached hydrogen (secondary N) is 1. The van der Waals surface area contributed by atoms with Crippen molar-refractivity contribution in [3.63, 3.8) is 0 Å². The van der Waals surface area contributed by atoms with Gasteiger partial charge >= 0.3 is 0 Å². The topological polar surface area (TPSA) is 71.2 Å². The maximum atomic E-state index is 11.1. The average Bonchev–Trinajstić information content (AvgIpc) is 3.04. The predicted octanol–water partition coefficient (Wildman–Crippen LogP) is 2.90. The maximum Gasteiger partial charge on any atom is 0.250 e. The molecule has 0 spiro atoms. The number of nitrogens with two attached hydrogens (primary N) is 1. The summed E-state index contributed by atoms with van der Waals surface area (Å²) in [6.45, 7) is 3.52. The zero-order valence-electron chi connectivity index (χ0n) is 13.4. The zero-order chi connectivity index (χ0) is 16.2. The third-order valence-corrected chi connectivity index (χ3v) is 5.33. The van der Waals surface area contributed by atoms with Crippen LogP contribution in [-0.2, 0) is 0 Å². The molecule has 1 saturated carbocycles. The van der Waals surface area contributed by atoms with Crippen LogP contribution in [0.15, 0.2) is 12.3 Å². The monoisotopic (exact) mass is 336 g/mol. The van der Waals surface area contributed by atoms with E-state index in [9.17, 15) is 4.79 Å². The molecule has 3 rings (SSSR count). The Kier molecular flexibility index (Phi) is 5.38. The van der Waals surface area contributed by atoms with E-state index in [-0.39, 0.29) is 0 Å². The molecule has 1 aromatic heterocycles. The van der Waals surface area contributed by atoms with E-state index in [1.807, 2.05) is 0 Å². The minimum absolute atomic E-state index is 0.340. The highest BCUT2D eigenvalue weighted by Gasteiger charge is 2.24. The van der Waals surface area contributed by atoms with Crippen molar-refractivity contribution in [2.24, 2.45) is 11.7 Å². The number of piperidine rings is 1. The molecule has 1 aliphatic carbocycles. The van der Waals surface area contributed by atoms with E-state index in [2.05, 4.69) is 15.2 Å². The minimum Gasteiger partial charge on any atom is -0.366 e. The van der Waals surface area contributed by atoms with Crippen molar-refractivity contribution in [1.82, 2.24) is 9.88 Å². The fourth-order valence-corrected chi connectivity index (χ4v) is 3.91. The summed E-state index contributed by atoms with van der Waals surface area (Å²) in [5, 5.41) is 3.86. The smallest absolute Gasteiger partial charge is 0.250 e. The first-order chi connectivity index (χ1) is 11.1. The van der Waals surface area contributed by atoms with Crippen molar-refractivity contribution in [3.05, 3.63) is 22.8 Å². The quantitative estimate of drug-likeness (QED) is 0.867. The molecule has 0 atom stereocenters. The Labute approximate surface area is 142 Å². The lowest BCUT2D eigenvalue weighted by Crippen LogP contribution is -2.41. The van der Waals surface area contributed by atoms with E-state index in [1.165, 1.54) is 38.4 Å². The van der Waals surface area contributed by atoms with Gasteiger partial charge in [-0.05, 0) is 37.7 Å². The van der Waals surface area contributed by atoms with Crippen LogP contribution in [0, 0.1) is 5.92 Å². The summed E-state index contributed by atoms with van der Waals surface area (Å²) in [4.78, 5) is 18.0. The number of halogens is 1. The predicted molar refractivity (Wildman–Crippen MR) is 92.8 cm³/mol. The van der Waals surface area contributed by atoms with Crippen LogP contribution in [-0.4, -0.2) is 41.5 Å². The number of nitrogens with zero attached hydrogens (tertiary/aromatic N) is 2. The molecule has 23 heavy (non-hydrogen) atoms. The minimum atomic E-state index is -0.508. The number of hydrogen-bond donors (Lipinski definition) is 2. The number of anilines is 1. The number of carbonyl (C=O) groups is 1. The van der Waals surface area contributed by atoms with Gasteiger partial charge in [-0.3, -0.25) is 4.79 Å². The molecule has 2 fully saturated rings. The molecule has 1 aromatic rings. The van der Waals surface area contributed by atoms with Crippen LogP contribution in [0.1, 0.15) is 48.9 Å². The van der Waals surface area contributed by atoms with Crippen LogP contribution in [0.25, 0.3) is 0 Å². The van der Waals surface area contributed by atoms with Crippen LogP contribution >= 0.6 is 11.6 Å². The molecule has 2 aliphatic rings. The molecule has 1 amide bonds. The summed E-state index contributed by atoms with van der Waals surface area (Å²) in [5.74, 6) is 1.05. The Morgan fingerprint density at radius 1 is 1.30 bits per heavy atom. The summed E-state index contributed by atoms with van der Waals surface area (Å²) in [7, 11) is 0. The Balaban J connectivity index is 1.49. The lowest BCUT2D eigenvalue weighted by atomic mass is 10.0. The van der Waals surface area contributed by atoms with Crippen molar-refractivity contribution in [2.75, 3.05) is 25.0 Å². The van der Waals surface area contributed by atoms with E-state index in [0.717, 1.165) is 31.8 Å². The van der Waals surface area contributed by atoms with Crippen LogP contribution in [0.5, 0.6) is 0 Å². The lowest BCUT2D eigenvalue weighted by molar-refractivity contribution is 0.1000. The normalized spacial score (nSPS) is 20.7. The van der Waals surface area contributed by atoms with Gasteiger partial charge in [0.2, 0.25) is 5.91 Å². The highest BCUT2D eigenvalue weighted by atomic mass is 35.5. The summed E-state index contributed by atoms with van der Waals surface area (Å²) in [5.41, 5.74) is 5.58. The SMILES string of the molecule is NC(=O)c1cnc(NC2CCN(CC3CCCC3)CC2)c(Cl)c1. The molecule has 2 heterocycles. The van der Waals surface area contributed by atoms with Gasteiger partial charge in [-0.2, -0.15) is 0 Å². The van der Waals surface area contributed by atoms with Crippen LogP contribution in [0.2, 0.25) is 5.02 Å². The van der Waals surface area contributed by atoms with Crippen molar-refractivity contribution in [2.45, 2.75) is 44.6 Å². The van der Waals surface area contributed by atoms with E-state index in [4.69, 9.17) is 17.3 Å². The molecular weight excluding hydrogens is 312 g/mol. The first kappa shape index (κ1) is 16.5. The Morgan fingerprint density at radius 3 is 2.61 bits per heavy atom. The van der Waals surface area contributed by atoms with E-state index < -0.39 is 5.91 Å². The van der Waals surface area contributed by atoms with E-state index >= 15 is 0 Å². The number of amides is 1. The van der Waals surface area contributed by atoms with Gasteiger partial charge in [-0.25, -0.2) is 4.98 Å². The van der Waals surface area contributed by atoms with Gasteiger partial charge in [0, 0.05) is 31.9 Å². The average molecular weight is 337 g/mol. The lowest BCUT2D eigenvalue weighted by Gasteiger charge is -2.34. The first-order valence-electron chi connectivity index (χ1n) is 8.56. The molecule has 0 bridgehead atoms. The molecule has 6 heteroatoms. The Bertz CT molecular complexity index is 552. The second kappa shape index (κ2) is 7.49. The van der Waals surface area contributed by atoms with E-state index in [0.29, 0.717) is 22.4 Å². The fourth-order valence-electron chi connectivity index (χ4n) is 3.69. The molecule has 0 unspecified atom stereocenters. The third-order valence-electron chi connectivity index (χ3n) is 5.05. The van der Waals surface area contributed by atoms with Gasteiger partial charge in [0.15, 0.2) is 0 Å². The van der Waals surface area contributed by atoms with Gasteiger partial charge in [0.25, 0.3) is 0 Å². The van der Waals surface area contributed by atoms with Gasteiger partial charge in [-0.15, -0.1) is 0 Å². The Morgan fingerprint density at radius 2 is 2.00 bits per heavy atom. The van der Waals surface area contributed by atoms with Crippen molar-refractivity contribution >= 4 is 23.3 Å². The third kappa shape index (κ3) is 4.36. The number of rotatable bonds is 5. The molecule has 1 aliphatic heterocycles. The van der Waals surface area contributed by atoms with Gasteiger partial charge < -0.3 is 16.0 Å². The maximum absolute atomic E-state index is 11.1. The highest BCUT2D eigenvalue weighted by molar-refractivity contribution is 6.33. The molecular formula is C17H25ClN4O. The Hall–Kier alpha value is -1.33. The van der Waals surface area contributed by atoms with Crippen molar-refractivity contribution < 1.29 is 4.79 Å².